The summed E-state index contributed by atoms with van der Waals surface area (Å²) in [6.45, 7) is 5.78. The van der Waals surface area contributed by atoms with Crippen molar-refractivity contribution in [1.29, 1.82) is 0 Å². The Morgan fingerprint density at radius 2 is 1.77 bits per heavy atom. The zero-order chi connectivity index (χ0) is 22.8. The van der Waals surface area contributed by atoms with Crippen LogP contribution in [0.25, 0.3) is 0 Å². The predicted molar refractivity (Wildman–Crippen MR) is 113 cm³/mol. The maximum absolute atomic E-state index is 11.8. The summed E-state index contributed by atoms with van der Waals surface area (Å²) in [5.41, 5.74) is -0.0361. The SMILES string of the molecule is CCCCc1nc(Cc2cc(S(=O)(=O)O)ccc2S(=O)(=O)O)nc(N2CCC(C)C2)n1. The fraction of sp³-hybridized carbons (Fsp3) is 0.526. The maximum Gasteiger partial charge on any atom is 0.294 e. The first-order chi connectivity index (χ1) is 14.5. The van der Waals surface area contributed by atoms with Gasteiger partial charge in [-0.3, -0.25) is 9.11 Å². The molecule has 0 amide bonds. The van der Waals surface area contributed by atoms with Crippen molar-refractivity contribution in [3.63, 3.8) is 0 Å². The summed E-state index contributed by atoms with van der Waals surface area (Å²) in [6, 6.07) is 2.86. The highest BCUT2D eigenvalue weighted by atomic mass is 32.2. The number of hydrogen-bond acceptors (Lipinski definition) is 8. The van der Waals surface area contributed by atoms with E-state index in [9.17, 15) is 25.9 Å². The fourth-order valence-corrected chi connectivity index (χ4v) is 4.75. The molecule has 1 aromatic heterocycles. The Hall–Kier alpha value is -2.15. The van der Waals surface area contributed by atoms with Gasteiger partial charge in [0.25, 0.3) is 20.2 Å². The number of anilines is 1. The van der Waals surface area contributed by atoms with Gasteiger partial charge in [-0.2, -0.15) is 26.8 Å². The molecule has 0 spiro atoms. The summed E-state index contributed by atoms with van der Waals surface area (Å²) in [5, 5.41) is 0. The fourth-order valence-electron chi connectivity index (χ4n) is 3.52. The zero-order valence-corrected chi connectivity index (χ0v) is 19.0. The Morgan fingerprint density at radius 3 is 2.35 bits per heavy atom. The highest BCUT2D eigenvalue weighted by Crippen LogP contribution is 2.24. The normalized spacial score (nSPS) is 17.3. The number of aryl methyl sites for hydroxylation is 1. The van der Waals surface area contributed by atoms with Gasteiger partial charge in [-0.05, 0) is 42.5 Å². The highest BCUT2D eigenvalue weighted by molar-refractivity contribution is 7.86. The number of benzene rings is 1. The minimum Gasteiger partial charge on any atom is -0.340 e. The molecule has 2 aromatic rings. The highest BCUT2D eigenvalue weighted by Gasteiger charge is 2.24. The van der Waals surface area contributed by atoms with Crippen molar-refractivity contribution >= 4 is 26.2 Å². The van der Waals surface area contributed by atoms with Gasteiger partial charge >= 0.3 is 0 Å². The topological polar surface area (TPSA) is 151 Å². The van der Waals surface area contributed by atoms with Crippen molar-refractivity contribution in [3.8, 4) is 0 Å². The Bertz CT molecular complexity index is 1170. The van der Waals surface area contributed by atoms with Crippen LogP contribution in [0, 0.1) is 5.92 Å². The Morgan fingerprint density at radius 1 is 1.06 bits per heavy atom. The van der Waals surface area contributed by atoms with Gasteiger partial charge in [0.15, 0.2) is 0 Å². The van der Waals surface area contributed by atoms with Crippen LogP contribution < -0.4 is 4.90 Å². The Balaban J connectivity index is 2.06. The third-order valence-electron chi connectivity index (χ3n) is 5.13. The third-order valence-corrected chi connectivity index (χ3v) is 6.94. The monoisotopic (exact) mass is 470 g/mol. The van der Waals surface area contributed by atoms with E-state index in [1.165, 1.54) is 0 Å². The first kappa shape index (κ1) is 23.5. The summed E-state index contributed by atoms with van der Waals surface area (Å²) >= 11 is 0. The van der Waals surface area contributed by atoms with Gasteiger partial charge in [-0.1, -0.05) is 20.3 Å². The molecule has 2 N–H and O–H groups in total. The van der Waals surface area contributed by atoms with Crippen LogP contribution in [0.3, 0.4) is 0 Å². The van der Waals surface area contributed by atoms with Crippen molar-refractivity contribution in [1.82, 2.24) is 15.0 Å². The van der Waals surface area contributed by atoms with Crippen LogP contribution in [0.5, 0.6) is 0 Å². The van der Waals surface area contributed by atoms with E-state index in [4.69, 9.17) is 0 Å². The smallest absolute Gasteiger partial charge is 0.294 e. The standard InChI is InChI=1S/C19H26N4O6S2/c1-3-4-5-17-20-18(22-19(21-17)23-9-8-13(2)12-23)11-14-10-15(30(24,25)26)6-7-16(14)31(27,28)29/h6-7,10,13H,3-5,8-9,11-12H2,1-2H3,(H,24,25,26)(H,27,28,29). The van der Waals surface area contributed by atoms with Crippen LogP contribution in [0.4, 0.5) is 5.95 Å². The van der Waals surface area contributed by atoms with Crippen LogP contribution in [0.2, 0.25) is 0 Å². The van der Waals surface area contributed by atoms with Crippen molar-refractivity contribution in [2.45, 2.75) is 55.7 Å². The molecule has 12 heteroatoms. The molecule has 2 heterocycles. The second-order valence-corrected chi connectivity index (χ2v) is 10.6. The largest absolute Gasteiger partial charge is 0.340 e. The lowest BCUT2D eigenvalue weighted by Crippen LogP contribution is -2.23. The molecule has 1 fully saturated rings. The number of aromatic nitrogens is 3. The lowest BCUT2D eigenvalue weighted by molar-refractivity contribution is 0.477. The lowest BCUT2D eigenvalue weighted by atomic mass is 10.1. The van der Waals surface area contributed by atoms with E-state index < -0.39 is 30.0 Å². The quantitative estimate of drug-likeness (QED) is 0.549. The van der Waals surface area contributed by atoms with Gasteiger partial charge in [0.2, 0.25) is 5.95 Å². The average Bonchev–Trinajstić information content (AvgIpc) is 3.11. The first-order valence-corrected chi connectivity index (χ1v) is 12.9. The molecular weight excluding hydrogens is 444 g/mol. The first-order valence-electron chi connectivity index (χ1n) is 10.0. The second-order valence-electron chi connectivity index (χ2n) is 7.81. The second kappa shape index (κ2) is 9.15. The Labute approximate surface area is 182 Å². The molecule has 170 valence electrons. The van der Waals surface area contributed by atoms with Crippen molar-refractivity contribution < 1.29 is 25.9 Å². The molecule has 0 radical (unpaired) electrons. The number of rotatable bonds is 8. The molecule has 0 aliphatic carbocycles. The molecule has 1 atom stereocenters. The average molecular weight is 471 g/mol. The van der Waals surface area contributed by atoms with Crippen LogP contribution in [0.1, 0.15) is 50.3 Å². The van der Waals surface area contributed by atoms with Gasteiger partial charge in [-0.25, -0.2) is 4.98 Å². The molecule has 1 aliphatic heterocycles. The maximum atomic E-state index is 11.8. The van der Waals surface area contributed by atoms with Gasteiger partial charge < -0.3 is 4.90 Å². The molecule has 1 unspecified atom stereocenters. The summed E-state index contributed by atoms with van der Waals surface area (Å²) in [4.78, 5) is 14.6. The van der Waals surface area contributed by atoms with E-state index in [1.807, 2.05) is 11.8 Å². The molecule has 3 rings (SSSR count). The van der Waals surface area contributed by atoms with E-state index in [1.54, 1.807) is 0 Å². The molecule has 0 saturated carbocycles. The number of hydrogen-bond donors (Lipinski definition) is 2. The van der Waals surface area contributed by atoms with E-state index in [0.717, 1.165) is 50.6 Å². The van der Waals surface area contributed by atoms with Gasteiger partial charge in [0, 0.05) is 25.9 Å². The molecule has 31 heavy (non-hydrogen) atoms. The molecular formula is C19H26N4O6S2. The van der Waals surface area contributed by atoms with Crippen molar-refractivity contribution in [2.24, 2.45) is 5.92 Å². The minimum atomic E-state index is -4.63. The summed E-state index contributed by atoms with van der Waals surface area (Å²) in [5.74, 6) is 1.82. The summed E-state index contributed by atoms with van der Waals surface area (Å²) < 4.78 is 65.6. The Kier molecular flexibility index (Phi) is 6.94. The third kappa shape index (κ3) is 5.97. The van der Waals surface area contributed by atoms with Crippen LogP contribution in [-0.2, 0) is 33.1 Å². The molecule has 1 aliphatic rings. The molecule has 1 saturated heterocycles. The predicted octanol–water partition coefficient (Wildman–Crippen LogP) is 2.14. The molecule has 0 bridgehead atoms. The van der Waals surface area contributed by atoms with E-state index in [0.29, 0.717) is 24.1 Å². The van der Waals surface area contributed by atoms with Gasteiger partial charge in [0.1, 0.15) is 11.6 Å². The molecule has 1 aromatic carbocycles. The number of nitrogens with zero attached hydrogens (tertiary/aromatic N) is 4. The van der Waals surface area contributed by atoms with Crippen LogP contribution >= 0.6 is 0 Å². The number of unbranched alkanes of at least 4 members (excludes halogenated alkanes) is 1. The summed E-state index contributed by atoms with van der Waals surface area (Å²) in [6.07, 6.45) is 3.29. The zero-order valence-electron chi connectivity index (χ0n) is 17.4. The summed E-state index contributed by atoms with van der Waals surface area (Å²) in [7, 11) is -9.20. The van der Waals surface area contributed by atoms with E-state index in [2.05, 4.69) is 21.9 Å². The van der Waals surface area contributed by atoms with E-state index in [-0.39, 0.29) is 17.8 Å². The van der Waals surface area contributed by atoms with Crippen LogP contribution in [0.15, 0.2) is 28.0 Å². The van der Waals surface area contributed by atoms with Crippen molar-refractivity contribution in [2.75, 3.05) is 18.0 Å². The molecule has 10 nitrogen and oxygen atoms in total. The van der Waals surface area contributed by atoms with E-state index >= 15 is 0 Å². The van der Waals surface area contributed by atoms with Gasteiger partial charge in [-0.15, -0.1) is 0 Å². The minimum absolute atomic E-state index is 0.0361. The van der Waals surface area contributed by atoms with Crippen LogP contribution in [-0.4, -0.2) is 54.0 Å². The van der Waals surface area contributed by atoms with Crippen molar-refractivity contribution in [3.05, 3.63) is 35.4 Å². The van der Waals surface area contributed by atoms with Gasteiger partial charge in [0.05, 0.1) is 9.79 Å². The lowest BCUT2D eigenvalue weighted by Gasteiger charge is -2.17.